The van der Waals surface area contributed by atoms with E-state index in [2.05, 4.69) is 31.2 Å². The van der Waals surface area contributed by atoms with Crippen molar-refractivity contribution in [3.05, 3.63) is 64.1 Å². The van der Waals surface area contributed by atoms with E-state index in [9.17, 15) is 20.1 Å². The zero-order valence-corrected chi connectivity index (χ0v) is 22.0. The molecule has 5 atom stereocenters. The van der Waals surface area contributed by atoms with Gasteiger partial charge in [0.1, 0.15) is 12.2 Å². The Bertz CT molecular complexity index is 1530. The quantitative estimate of drug-likeness (QED) is 0.171. The van der Waals surface area contributed by atoms with Crippen molar-refractivity contribution in [3.8, 4) is 12.3 Å². The second-order valence-corrected chi connectivity index (χ2v) is 9.88. The highest BCUT2D eigenvalue weighted by atomic mass is 35.5. The summed E-state index contributed by atoms with van der Waals surface area (Å²) < 4.78 is 13.4. The first-order chi connectivity index (χ1) is 18.7. The Kier molecular flexibility index (Phi) is 7.25. The van der Waals surface area contributed by atoms with E-state index in [1.807, 2.05) is 6.07 Å². The van der Waals surface area contributed by atoms with Crippen molar-refractivity contribution in [2.24, 2.45) is 0 Å². The maximum atomic E-state index is 12.7. The Balaban J connectivity index is 1.49. The number of imidazole rings is 1. The van der Waals surface area contributed by atoms with E-state index < -0.39 is 42.2 Å². The van der Waals surface area contributed by atoms with Gasteiger partial charge in [-0.15, -0.1) is 17.8 Å². The number of aliphatic carboxylic acids is 1. The average Bonchev–Trinajstić information content (AvgIpc) is 3.67. The van der Waals surface area contributed by atoms with Gasteiger partial charge in [-0.25, -0.2) is 14.8 Å². The molecule has 202 valence electrons. The van der Waals surface area contributed by atoms with Gasteiger partial charge in [0.25, 0.3) is 0 Å². The fourth-order valence-electron chi connectivity index (χ4n) is 4.54. The van der Waals surface area contributed by atoms with Crippen molar-refractivity contribution in [3.63, 3.8) is 0 Å². The van der Waals surface area contributed by atoms with Gasteiger partial charge < -0.3 is 30.1 Å². The van der Waals surface area contributed by atoms with Crippen LogP contribution < -0.4 is 5.32 Å². The van der Waals surface area contributed by atoms with Crippen LogP contribution >= 0.6 is 22.9 Å². The van der Waals surface area contributed by atoms with Gasteiger partial charge in [0.15, 0.2) is 28.8 Å². The Morgan fingerprint density at radius 2 is 2.13 bits per heavy atom. The van der Waals surface area contributed by atoms with Gasteiger partial charge in [-0.3, -0.25) is 4.57 Å². The molecule has 1 aromatic carbocycles. The molecule has 0 aliphatic carbocycles. The molecule has 4 aromatic rings. The van der Waals surface area contributed by atoms with Crippen LogP contribution in [0.3, 0.4) is 0 Å². The lowest BCUT2D eigenvalue weighted by Crippen LogP contribution is -2.50. The number of aromatic nitrogens is 5. The van der Waals surface area contributed by atoms with Crippen LogP contribution in [0, 0.1) is 12.3 Å². The molecule has 39 heavy (non-hydrogen) atoms. The van der Waals surface area contributed by atoms with E-state index in [4.69, 9.17) is 27.5 Å². The second kappa shape index (κ2) is 10.5. The average molecular weight is 571 g/mol. The number of anilines is 1. The Morgan fingerprint density at radius 3 is 2.77 bits per heavy atom. The van der Waals surface area contributed by atoms with Crippen LogP contribution in [0.25, 0.3) is 11.2 Å². The summed E-state index contributed by atoms with van der Waals surface area (Å²) in [6.45, 7) is -0.491. The molecular formula is C25H23ClN6O6S. The summed E-state index contributed by atoms with van der Waals surface area (Å²) in [5, 5.41) is 37.2. The number of rotatable bonds is 9. The molecular weight excluding hydrogens is 548 g/mol. The highest BCUT2D eigenvalue weighted by Crippen LogP contribution is 2.40. The number of hydrogen-bond acceptors (Lipinski definition) is 11. The van der Waals surface area contributed by atoms with E-state index in [1.165, 1.54) is 27.7 Å². The molecule has 1 saturated heterocycles. The molecule has 1 aliphatic heterocycles. The minimum Gasteiger partial charge on any atom is -0.479 e. The number of hydrogen-bond donors (Lipinski definition) is 4. The SMILES string of the molecule is C#C[C@@]1(O)[C@@H](COC(Cc2ccccc2)(C(=O)O)c2cscn2)O[C@@H](n2cnc3c(NC)nc(Cl)nc32)[C@@H]1O. The Morgan fingerprint density at radius 1 is 1.36 bits per heavy atom. The summed E-state index contributed by atoms with van der Waals surface area (Å²) in [6.07, 6.45) is 2.69. The van der Waals surface area contributed by atoms with Crippen LogP contribution in [0.2, 0.25) is 5.28 Å². The van der Waals surface area contributed by atoms with E-state index in [-0.39, 0.29) is 23.0 Å². The number of carbonyl (C=O) groups is 1. The lowest BCUT2D eigenvalue weighted by molar-refractivity contribution is -0.179. The molecule has 0 amide bonds. The number of benzene rings is 1. The molecule has 4 heterocycles. The summed E-state index contributed by atoms with van der Waals surface area (Å²) in [7, 11) is 1.63. The number of carboxylic acids is 1. The minimum absolute atomic E-state index is 0.0610. The number of thiazole rings is 1. The normalized spacial score (nSPS) is 24.3. The summed E-state index contributed by atoms with van der Waals surface area (Å²) in [4.78, 5) is 29.5. The maximum absolute atomic E-state index is 12.7. The smallest absolute Gasteiger partial charge is 0.342 e. The monoisotopic (exact) mass is 570 g/mol. The summed E-state index contributed by atoms with van der Waals surface area (Å²) >= 11 is 7.28. The largest absolute Gasteiger partial charge is 0.479 e. The van der Waals surface area contributed by atoms with Crippen LogP contribution in [0.1, 0.15) is 17.5 Å². The third kappa shape index (κ3) is 4.61. The van der Waals surface area contributed by atoms with Crippen LogP contribution in [-0.4, -0.2) is 77.3 Å². The molecule has 4 N–H and O–H groups in total. The number of nitrogens with one attached hydrogen (secondary N) is 1. The number of ether oxygens (including phenoxy) is 2. The summed E-state index contributed by atoms with van der Waals surface area (Å²) in [5.74, 6) is 1.26. The topological polar surface area (TPSA) is 165 Å². The fraction of sp³-hybridized carbons (Fsp3) is 0.320. The number of carboxylic acid groups (broad SMARTS) is 1. The molecule has 1 fully saturated rings. The van der Waals surface area contributed by atoms with Gasteiger partial charge in [0, 0.05) is 18.8 Å². The Hall–Kier alpha value is -3.64. The van der Waals surface area contributed by atoms with E-state index in [0.29, 0.717) is 16.9 Å². The zero-order chi connectivity index (χ0) is 27.8. The molecule has 0 radical (unpaired) electrons. The molecule has 14 heteroatoms. The van der Waals surface area contributed by atoms with Crippen LogP contribution in [0.5, 0.6) is 0 Å². The van der Waals surface area contributed by atoms with Crippen molar-refractivity contribution in [2.45, 2.75) is 36.1 Å². The number of terminal acetylenes is 1. The molecule has 5 rings (SSSR count). The maximum Gasteiger partial charge on any atom is 0.342 e. The third-order valence-electron chi connectivity index (χ3n) is 6.62. The highest BCUT2D eigenvalue weighted by molar-refractivity contribution is 7.07. The second-order valence-electron chi connectivity index (χ2n) is 8.82. The number of aliphatic hydroxyl groups excluding tert-OH is 1. The van der Waals surface area contributed by atoms with Gasteiger partial charge in [0.2, 0.25) is 10.9 Å². The molecule has 3 aromatic heterocycles. The first kappa shape index (κ1) is 26.9. The van der Waals surface area contributed by atoms with Crippen molar-refractivity contribution in [2.75, 3.05) is 19.0 Å². The molecule has 0 spiro atoms. The molecule has 1 aliphatic rings. The number of halogens is 1. The predicted octanol–water partition coefficient (Wildman–Crippen LogP) is 1.84. The van der Waals surface area contributed by atoms with Crippen molar-refractivity contribution >= 4 is 45.9 Å². The highest BCUT2D eigenvalue weighted by Gasteiger charge is 2.57. The van der Waals surface area contributed by atoms with E-state index in [1.54, 1.807) is 36.7 Å². The standard InChI is InChI=1S/C25H23ClN6O6S/c1-3-24(36)16(38-21(18(24)33)32-12-28-17-19(27-2)30-23(26)31-20(17)32)10-37-25(22(34)35,15-11-39-13-29-15)9-14-7-5-4-6-8-14/h1,4-8,11-13,16,18,21,33,36H,9-10H2,2H3,(H,34,35)(H,27,30,31)/t16-,18+,21-,24-,25?/m1/s1. The van der Waals surface area contributed by atoms with E-state index >= 15 is 0 Å². The third-order valence-corrected chi connectivity index (χ3v) is 7.38. The van der Waals surface area contributed by atoms with Crippen molar-refractivity contribution < 1.29 is 29.6 Å². The van der Waals surface area contributed by atoms with Crippen LogP contribution in [0.4, 0.5) is 5.82 Å². The summed E-state index contributed by atoms with van der Waals surface area (Å²) in [5.41, 5.74) is -1.24. The van der Waals surface area contributed by atoms with E-state index in [0.717, 1.165) is 0 Å². The van der Waals surface area contributed by atoms with Gasteiger partial charge in [-0.1, -0.05) is 36.3 Å². The van der Waals surface area contributed by atoms with Gasteiger partial charge >= 0.3 is 5.97 Å². The van der Waals surface area contributed by atoms with Gasteiger partial charge in [-0.2, -0.15) is 9.97 Å². The Labute approximate surface area is 231 Å². The lowest BCUT2D eigenvalue weighted by atomic mass is 9.90. The van der Waals surface area contributed by atoms with Crippen molar-refractivity contribution in [1.29, 1.82) is 0 Å². The van der Waals surface area contributed by atoms with Crippen molar-refractivity contribution in [1.82, 2.24) is 24.5 Å². The van der Waals surface area contributed by atoms with Gasteiger partial charge in [-0.05, 0) is 17.2 Å². The first-order valence-corrected chi connectivity index (χ1v) is 13.0. The molecule has 0 bridgehead atoms. The molecule has 0 saturated carbocycles. The van der Waals surface area contributed by atoms with Crippen LogP contribution in [0.15, 0.2) is 47.5 Å². The molecule has 1 unspecified atom stereocenters. The summed E-state index contributed by atoms with van der Waals surface area (Å²) in [6, 6.07) is 8.92. The zero-order valence-electron chi connectivity index (χ0n) is 20.4. The number of nitrogens with zero attached hydrogens (tertiary/aromatic N) is 5. The van der Waals surface area contributed by atoms with Crippen LogP contribution in [-0.2, 0) is 26.3 Å². The van der Waals surface area contributed by atoms with Gasteiger partial charge in [0.05, 0.1) is 24.1 Å². The fourth-order valence-corrected chi connectivity index (χ4v) is 5.32. The number of aliphatic hydroxyl groups is 2. The first-order valence-electron chi connectivity index (χ1n) is 11.6. The minimum atomic E-state index is -2.25. The predicted molar refractivity (Wildman–Crippen MR) is 141 cm³/mol. The lowest BCUT2D eigenvalue weighted by Gasteiger charge is -2.32. The number of fused-ring (bicyclic) bond motifs is 1. The molecule has 12 nitrogen and oxygen atoms in total.